The van der Waals surface area contributed by atoms with E-state index in [1.54, 1.807) is 6.07 Å². The lowest BCUT2D eigenvalue weighted by atomic mass is 10.1. The first kappa shape index (κ1) is 11.8. The maximum Gasteiger partial charge on any atom is 0.231 e. The molecule has 1 heterocycles. The molecule has 0 aromatic heterocycles. The molecule has 1 aliphatic heterocycles. The standard InChI is InChI=1S/C15H14FNO2/c1-10-4-2-6-12(16)14(10)17-8-11-5-3-7-13-15(11)19-9-18-13/h2-7,17H,8-9H2,1H3. The zero-order valence-electron chi connectivity index (χ0n) is 10.6. The molecule has 2 aromatic carbocycles. The van der Waals surface area contributed by atoms with E-state index >= 15 is 0 Å². The van der Waals surface area contributed by atoms with Crippen molar-refractivity contribution in [1.29, 1.82) is 0 Å². The molecule has 0 atom stereocenters. The van der Waals surface area contributed by atoms with E-state index in [9.17, 15) is 4.39 Å². The highest BCUT2D eigenvalue weighted by molar-refractivity contribution is 5.54. The van der Waals surface area contributed by atoms with Crippen LogP contribution in [0.3, 0.4) is 0 Å². The molecule has 0 bridgehead atoms. The first-order valence-electron chi connectivity index (χ1n) is 6.12. The number of aryl methyl sites for hydroxylation is 1. The Bertz CT molecular complexity index is 593. The monoisotopic (exact) mass is 259 g/mol. The van der Waals surface area contributed by atoms with E-state index in [2.05, 4.69) is 5.32 Å². The summed E-state index contributed by atoms with van der Waals surface area (Å²) in [7, 11) is 0. The minimum atomic E-state index is -0.246. The van der Waals surface area contributed by atoms with Gasteiger partial charge in [-0.25, -0.2) is 4.39 Å². The highest BCUT2D eigenvalue weighted by Crippen LogP contribution is 2.35. The van der Waals surface area contributed by atoms with Crippen molar-refractivity contribution in [2.75, 3.05) is 12.1 Å². The third kappa shape index (κ3) is 2.21. The third-order valence-electron chi connectivity index (χ3n) is 3.16. The van der Waals surface area contributed by atoms with Gasteiger partial charge in [0, 0.05) is 12.1 Å². The summed E-state index contributed by atoms with van der Waals surface area (Å²) in [6.45, 7) is 2.61. The van der Waals surface area contributed by atoms with Crippen LogP contribution in [0.2, 0.25) is 0 Å². The van der Waals surface area contributed by atoms with E-state index in [0.717, 1.165) is 22.6 Å². The first-order chi connectivity index (χ1) is 9.25. The van der Waals surface area contributed by atoms with Gasteiger partial charge in [-0.15, -0.1) is 0 Å². The molecule has 0 aliphatic carbocycles. The Kier molecular flexibility index (Phi) is 2.99. The van der Waals surface area contributed by atoms with Gasteiger partial charge in [0.1, 0.15) is 5.82 Å². The number of para-hydroxylation sites is 2. The van der Waals surface area contributed by atoms with Crippen molar-refractivity contribution in [3.05, 3.63) is 53.3 Å². The smallest absolute Gasteiger partial charge is 0.231 e. The van der Waals surface area contributed by atoms with Crippen LogP contribution >= 0.6 is 0 Å². The fourth-order valence-electron chi connectivity index (χ4n) is 2.17. The molecular formula is C15H14FNO2. The number of ether oxygens (including phenoxy) is 2. The summed E-state index contributed by atoms with van der Waals surface area (Å²) in [5.74, 6) is 1.23. The summed E-state index contributed by atoms with van der Waals surface area (Å²) < 4.78 is 24.4. The van der Waals surface area contributed by atoms with Gasteiger partial charge < -0.3 is 14.8 Å². The molecule has 1 aliphatic rings. The Hall–Kier alpha value is -2.23. The van der Waals surface area contributed by atoms with Crippen LogP contribution in [-0.4, -0.2) is 6.79 Å². The van der Waals surface area contributed by atoms with E-state index in [1.807, 2.05) is 31.2 Å². The number of halogens is 1. The lowest BCUT2D eigenvalue weighted by Gasteiger charge is -2.11. The van der Waals surface area contributed by atoms with Crippen molar-refractivity contribution in [3.63, 3.8) is 0 Å². The molecule has 4 heteroatoms. The van der Waals surface area contributed by atoms with Gasteiger partial charge in [0.15, 0.2) is 11.5 Å². The average molecular weight is 259 g/mol. The van der Waals surface area contributed by atoms with E-state index < -0.39 is 0 Å². The van der Waals surface area contributed by atoms with Crippen LogP contribution in [0.15, 0.2) is 36.4 Å². The van der Waals surface area contributed by atoms with Crippen molar-refractivity contribution in [3.8, 4) is 11.5 Å². The lowest BCUT2D eigenvalue weighted by Crippen LogP contribution is -2.04. The van der Waals surface area contributed by atoms with Gasteiger partial charge in [-0.1, -0.05) is 24.3 Å². The quantitative estimate of drug-likeness (QED) is 0.915. The van der Waals surface area contributed by atoms with Gasteiger partial charge in [-0.05, 0) is 24.6 Å². The third-order valence-corrected chi connectivity index (χ3v) is 3.16. The van der Waals surface area contributed by atoms with Crippen molar-refractivity contribution >= 4 is 5.69 Å². The molecule has 0 unspecified atom stereocenters. The topological polar surface area (TPSA) is 30.5 Å². The van der Waals surface area contributed by atoms with E-state index in [1.165, 1.54) is 6.07 Å². The van der Waals surface area contributed by atoms with Crippen molar-refractivity contribution in [2.24, 2.45) is 0 Å². The second-order valence-electron chi connectivity index (χ2n) is 4.44. The Morgan fingerprint density at radius 3 is 2.84 bits per heavy atom. The number of hydrogen-bond donors (Lipinski definition) is 1. The molecule has 0 saturated heterocycles. The molecule has 2 aromatic rings. The second kappa shape index (κ2) is 4.80. The zero-order chi connectivity index (χ0) is 13.2. The van der Waals surface area contributed by atoms with Crippen LogP contribution in [-0.2, 0) is 6.54 Å². The largest absolute Gasteiger partial charge is 0.454 e. The Labute approximate surface area is 111 Å². The number of rotatable bonds is 3. The molecule has 3 rings (SSSR count). The first-order valence-corrected chi connectivity index (χ1v) is 6.12. The number of anilines is 1. The zero-order valence-corrected chi connectivity index (χ0v) is 10.6. The summed E-state index contributed by atoms with van der Waals surface area (Å²) in [4.78, 5) is 0. The van der Waals surface area contributed by atoms with Gasteiger partial charge in [-0.2, -0.15) is 0 Å². The molecule has 19 heavy (non-hydrogen) atoms. The maximum atomic E-state index is 13.7. The SMILES string of the molecule is Cc1cccc(F)c1NCc1cccc2c1OCO2. The highest BCUT2D eigenvalue weighted by Gasteiger charge is 2.17. The molecule has 1 N–H and O–H groups in total. The van der Waals surface area contributed by atoms with E-state index in [0.29, 0.717) is 12.2 Å². The van der Waals surface area contributed by atoms with Crippen LogP contribution in [0.4, 0.5) is 10.1 Å². The summed E-state index contributed by atoms with van der Waals surface area (Å²) in [6, 6.07) is 10.7. The fraction of sp³-hybridized carbons (Fsp3) is 0.200. The Morgan fingerprint density at radius 2 is 2.00 bits per heavy atom. The number of benzene rings is 2. The van der Waals surface area contributed by atoms with E-state index in [-0.39, 0.29) is 12.6 Å². The van der Waals surface area contributed by atoms with Crippen LogP contribution in [0, 0.1) is 12.7 Å². The van der Waals surface area contributed by atoms with Crippen molar-refractivity contribution < 1.29 is 13.9 Å². The van der Waals surface area contributed by atoms with Crippen LogP contribution in [0.5, 0.6) is 11.5 Å². The van der Waals surface area contributed by atoms with Gasteiger partial charge >= 0.3 is 0 Å². The number of hydrogen-bond acceptors (Lipinski definition) is 3. The predicted octanol–water partition coefficient (Wildman–Crippen LogP) is 3.47. The molecule has 0 spiro atoms. The normalized spacial score (nSPS) is 12.5. The summed E-state index contributed by atoms with van der Waals surface area (Å²) in [5.41, 5.74) is 2.36. The van der Waals surface area contributed by atoms with Crippen molar-refractivity contribution in [2.45, 2.75) is 13.5 Å². The minimum Gasteiger partial charge on any atom is -0.454 e. The Balaban J connectivity index is 1.82. The average Bonchev–Trinajstić information content (AvgIpc) is 2.87. The highest BCUT2D eigenvalue weighted by atomic mass is 19.1. The van der Waals surface area contributed by atoms with E-state index in [4.69, 9.17) is 9.47 Å². The van der Waals surface area contributed by atoms with Gasteiger partial charge in [0.25, 0.3) is 0 Å². The summed E-state index contributed by atoms with van der Waals surface area (Å²) in [6.07, 6.45) is 0. The fourth-order valence-corrected chi connectivity index (χ4v) is 2.17. The molecule has 0 radical (unpaired) electrons. The van der Waals surface area contributed by atoms with Gasteiger partial charge in [0.05, 0.1) is 5.69 Å². The molecule has 0 fully saturated rings. The van der Waals surface area contributed by atoms with Gasteiger partial charge in [0.2, 0.25) is 6.79 Å². The van der Waals surface area contributed by atoms with Crippen LogP contribution in [0.1, 0.15) is 11.1 Å². The molecule has 3 nitrogen and oxygen atoms in total. The van der Waals surface area contributed by atoms with Crippen molar-refractivity contribution in [1.82, 2.24) is 0 Å². The lowest BCUT2D eigenvalue weighted by molar-refractivity contribution is 0.173. The maximum absolute atomic E-state index is 13.7. The van der Waals surface area contributed by atoms with Crippen LogP contribution < -0.4 is 14.8 Å². The molecule has 0 amide bonds. The second-order valence-corrected chi connectivity index (χ2v) is 4.44. The number of nitrogens with one attached hydrogen (secondary N) is 1. The summed E-state index contributed by atoms with van der Waals surface area (Å²) >= 11 is 0. The Morgan fingerprint density at radius 1 is 1.16 bits per heavy atom. The van der Waals surface area contributed by atoms with Gasteiger partial charge in [-0.3, -0.25) is 0 Å². The summed E-state index contributed by atoms with van der Waals surface area (Å²) in [5, 5.41) is 3.12. The predicted molar refractivity (Wildman–Crippen MR) is 71.0 cm³/mol. The molecule has 0 saturated carbocycles. The van der Waals surface area contributed by atoms with Crippen LogP contribution in [0.25, 0.3) is 0 Å². The molecule has 98 valence electrons. The minimum absolute atomic E-state index is 0.241. The molecular weight excluding hydrogens is 245 g/mol. The number of fused-ring (bicyclic) bond motifs is 1.